The molecule has 1 N–H and O–H groups in total. The number of hydrogen-bond acceptors (Lipinski definition) is 9. The van der Waals surface area contributed by atoms with Gasteiger partial charge in [-0.2, -0.15) is 0 Å². The third-order valence-corrected chi connectivity index (χ3v) is 8.94. The molecule has 3 aliphatic rings. The number of pyridine rings is 2. The molecule has 5 heterocycles. The summed E-state index contributed by atoms with van der Waals surface area (Å²) in [6.45, 7) is 4.79. The van der Waals surface area contributed by atoms with Crippen LogP contribution in [-0.4, -0.2) is 59.6 Å². The van der Waals surface area contributed by atoms with E-state index in [0.29, 0.717) is 43.4 Å². The predicted octanol–water partition coefficient (Wildman–Crippen LogP) is 5.11. The van der Waals surface area contributed by atoms with Gasteiger partial charge in [-0.1, -0.05) is 19.1 Å². The summed E-state index contributed by atoms with van der Waals surface area (Å²) in [7, 11) is 3.20. The van der Waals surface area contributed by atoms with Gasteiger partial charge >= 0.3 is 0 Å². The lowest BCUT2D eigenvalue weighted by Gasteiger charge is -2.41. The monoisotopic (exact) mass is 595 g/mol. The van der Waals surface area contributed by atoms with Crippen molar-refractivity contribution >= 4 is 0 Å². The molecule has 3 unspecified atom stereocenters. The summed E-state index contributed by atoms with van der Waals surface area (Å²) in [4.78, 5) is 11.5. The summed E-state index contributed by atoms with van der Waals surface area (Å²) in [5.74, 6) is 3.30. The van der Waals surface area contributed by atoms with Crippen LogP contribution in [0.3, 0.4) is 0 Å². The Balaban J connectivity index is 1.11. The Morgan fingerprint density at radius 2 is 1.59 bits per heavy atom. The molecule has 9 heteroatoms. The number of nitrogens with zero attached hydrogens (tertiary/aromatic N) is 3. The second-order valence-electron chi connectivity index (χ2n) is 11.8. The predicted molar refractivity (Wildman–Crippen MR) is 163 cm³/mol. The third kappa shape index (κ3) is 5.31. The molecular weight excluding hydrogens is 558 g/mol. The maximum atomic E-state index is 11.7. The van der Waals surface area contributed by atoms with E-state index in [1.807, 2.05) is 60.9 Å². The smallest absolute Gasteiger partial charge is 0.164 e. The Morgan fingerprint density at radius 1 is 0.886 bits per heavy atom. The number of fused-ring (bicyclic) bond motifs is 6. The van der Waals surface area contributed by atoms with E-state index < -0.39 is 6.10 Å². The van der Waals surface area contributed by atoms with Crippen LogP contribution < -0.4 is 23.7 Å². The van der Waals surface area contributed by atoms with Gasteiger partial charge in [-0.05, 0) is 42.5 Å². The van der Waals surface area contributed by atoms with Crippen molar-refractivity contribution in [2.45, 2.75) is 50.7 Å². The molecule has 0 spiro atoms. The molecule has 3 aliphatic heterocycles. The first-order valence-electron chi connectivity index (χ1n) is 15.1. The Kier molecular flexibility index (Phi) is 7.74. The van der Waals surface area contributed by atoms with Crippen molar-refractivity contribution in [1.29, 1.82) is 0 Å². The molecule has 4 aromatic rings. The molecule has 44 heavy (non-hydrogen) atoms. The van der Waals surface area contributed by atoms with E-state index in [4.69, 9.17) is 23.7 Å². The standard InChI is InChI=1S/C35H37N3O6/c1-21(17-38(18-22-8-4-6-12-36-22)19-23-9-5-7-13-37-23)28-15-26-27(43-28)11-10-24-34(39)33-25-14-30(40-2)31(41-3)16-29(25)42-20-32(33)44-35(24)26/h4-14,16,21,28,32-34,39H,15,17-20H2,1-3H3/t21?,28-,32-,33?,34?/m1/s1. The quantitative estimate of drug-likeness (QED) is 0.283. The van der Waals surface area contributed by atoms with Gasteiger partial charge < -0.3 is 28.8 Å². The SMILES string of the molecule is COc1cc2c(cc1OC)C1C(O)c3ccc4c(c3O[C@@H]1CO2)C[C@H](C(C)CN(Cc1ccccn1)Cc1ccccn1)O4. The molecule has 0 amide bonds. The fraction of sp³-hybridized carbons (Fsp3) is 0.371. The lowest BCUT2D eigenvalue weighted by atomic mass is 9.80. The maximum Gasteiger partial charge on any atom is 0.164 e. The Bertz CT molecular complexity index is 1580. The summed E-state index contributed by atoms with van der Waals surface area (Å²) < 4.78 is 30.3. The van der Waals surface area contributed by atoms with Crippen LogP contribution in [0.4, 0.5) is 0 Å². The van der Waals surface area contributed by atoms with Crippen LogP contribution in [0, 0.1) is 5.92 Å². The number of benzene rings is 2. The summed E-state index contributed by atoms with van der Waals surface area (Å²) in [6, 6.07) is 19.6. The highest BCUT2D eigenvalue weighted by molar-refractivity contribution is 5.58. The summed E-state index contributed by atoms with van der Waals surface area (Å²) >= 11 is 0. The largest absolute Gasteiger partial charge is 0.493 e. The van der Waals surface area contributed by atoms with Crippen molar-refractivity contribution in [3.05, 3.63) is 101 Å². The molecule has 5 atom stereocenters. The molecule has 0 aliphatic carbocycles. The normalized spacial score (nSPS) is 21.9. The Morgan fingerprint density at radius 3 is 2.25 bits per heavy atom. The van der Waals surface area contributed by atoms with Crippen molar-refractivity contribution < 1.29 is 28.8 Å². The molecule has 0 bridgehead atoms. The maximum absolute atomic E-state index is 11.7. The van der Waals surface area contributed by atoms with E-state index >= 15 is 0 Å². The highest BCUT2D eigenvalue weighted by Gasteiger charge is 2.46. The molecule has 0 saturated heterocycles. The van der Waals surface area contributed by atoms with Crippen LogP contribution in [-0.2, 0) is 19.5 Å². The van der Waals surface area contributed by atoms with Gasteiger partial charge in [-0.3, -0.25) is 14.9 Å². The van der Waals surface area contributed by atoms with Crippen molar-refractivity contribution in [3.8, 4) is 28.7 Å². The van der Waals surface area contributed by atoms with E-state index in [1.165, 1.54) is 0 Å². The van der Waals surface area contributed by atoms with Crippen LogP contribution in [0.5, 0.6) is 28.7 Å². The van der Waals surface area contributed by atoms with Crippen LogP contribution in [0.2, 0.25) is 0 Å². The first-order chi connectivity index (χ1) is 21.5. The zero-order valence-electron chi connectivity index (χ0n) is 25.2. The highest BCUT2D eigenvalue weighted by Crippen LogP contribution is 2.54. The lowest BCUT2D eigenvalue weighted by molar-refractivity contribution is 0.000771. The summed E-state index contributed by atoms with van der Waals surface area (Å²) in [6.07, 6.45) is 3.22. The van der Waals surface area contributed by atoms with Crippen molar-refractivity contribution in [1.82, 2.24) is 14.9 Å². The average molecular weight is 596 g/mol. The minimum absolute atomic E-state index is 0.0370. The van der Waals surface area contributed by atoms with E-state index in [9.17, 15) is 5.11 Å². The fourth-order valence-corrected chi connectivity index (χ4v) is 6.74. The highest BCUT2D eigenvalue weighted by atomic mass is 16.5. The topological polar surface area (TPSA) is 95.4 Å². The minimum atomic E-state index is -0.765. The van der Waals surface area contributed by atoms with Crippen molar-refractivity contribution in [3.63, 3.8) is 0 Å². The molecule has 228 valence electrons. The van der Waals surface area contributed by atoms with Gasteiger partial charge in [0.05, 0.1) is 37.6 Å². The van der Waals surface area contributed by atoms with E-state index in [0.717, 1.165) is 46.1 Å². The molecular formula is C35H37N3O6. The molecule has 0 radical (unpaired) electrons. The fourth-order valence-electron chi connectivity index (χ4n) is 6.74. The van der Waals surface area contributed by atoms with Gasteiger partial charge in [-0.15, -0.1) is 0 Å². The minimum Gasteiger partial charge on any atom is -0.493 e. The van der Waals surface area contributed by atoms with Crippen molar-refractivity contribution in [2.75, 3.05) is 27.4 Å². The van der Waals surface area contributed by atoms with Gasteiger partial charge in [0.1, 0.15) is 36.1 Å². The number of aliphatic hydroxyl groups excluding tert-OH is 1. The van der Waals surface area contributed by atoms with Gasteiger partial charge in [0.25, 0.3) is 0 Å². The first kappa shape index (κ1) is 28.4. The average Bonchev–Trinajstić information content (AvgIpc) is 3.50. The molecule has 9 nitrogen and oxygen atoms in total. The van der Waals surface area contributed by atoms with Gasteiger partial charge in [-0.25, -0.2) is 0 Å². The molecule has 7 rings (SSSR count). The number of hydrogen-bond donors (Lipinski definition) is 1. The molecule has 2 aromatic carbocycles. The molecule has 0 saturated carbocycles. The van der Waals surface area contributed by atoms with Gasteiger partial charge in [0, 0.05) is 67.1 Å². The van der Waals surface area contributed by atoms with E-state index in [-0.39, 0.29) is 24.0 Å². The number of aliphatic hydroxyl groups is 1. The summed E-state index contributed by atoms with van der Waals surface area (Å²) in [5.41, 5.74) is 4.67. The van der Waals surface area contributed by atoms with Crippen LogP contribution in [0.15, 0.2) is 73.1 Å². The first-order valence-corrected chi connectivity index (χ1v) is 15.1. The van der Waals surface area contributed by atoms with Crippen LogP contribution in [0.25, 0.3) is 0 Å². The van der Waals surface area contributed by atoms with Gasteiger partial charge in [0.2, 0.25) is 0 Å². The molecule has 0 fully saturated rings. The summed E-state index contributed by atoms with van der Waals surface area (Å²) in [5, 5.41) is 11.7. The van der Waals surface area contributed by atoms with Crippen LogP contribution >= 0.6 is 0 Å². The number of ether oxygens (including phenoxy) is 5. The van der Waals surface area contributed by atoms with Crippen molar-refractivity contribution in [2.24, 2.45) is 5.92 Å². The second kappa shape index (κ2) is 12.0. The molecule has 2 aromatic heterocycles. The number of rotatable bonds is 9. The number of aromatic nitrogens is 2. The van der Waals surface area contributed by atoms with Crippen LogP contribution in [0.1, 0.15) is 47.0 Å². The van der Waals surface area contributed by atoms with E-state index in [2.05, 4.69) is 33.9 Å². The van der Waals surface area contributed by atoms with E-state index in [1.54, 1.807) is 14.2 Å². The lowest BCUT2D eigenvalue weighted by Crippen LogP contribution is -2.42. The van der Waals surface area contributed by atoms with Gasteiger partial charge in [0.15, 0.2) is 11.5 Å². The second-order valence-corrected chi connectivity index (χ2v) is 11.8. The number of methoxy groups -OCH3 is 2. The Labute approximate surface area is 257 Å². The Hall–Kier alpha value is -4.34. The third-order valence-electron chi connectivity index (χ3n) is 8.94. The zero-order chi connectivity index (χ0) is 30.2. The zero-order valence-corrected chi connectivity index (χ0v) is 25.2.